The summed E-state index contributed by atoms with van der Waals surface area (Å²) in [5.74, 6) is 1.52. The maximum atomic E-state index is 12.0. The van der Waals surface area contributed by atoms with Gasteiger partial charge in [-0.25, -0.2) is 4.98 Å². The molecule has 0 atom stereocenters. The van der Waals surface area contributed by atoms with Crippen molar-refractivity contribution in [1.29, 1.82) is 0 Å². The minimum atomic E-state index is 0.0929. The molecule has 0 bridgehead atoms. The SMILES string of the molecule is COc1cc(C)nc(N2CCC(C(=O)NC(C)C)CC2)n1. The number of anilines is 1. The lowest BCUT2D eigenvalue weighted by molar-refractivity contribution is -0.126. The van der Waals surface area contributed by atoms with Gasteiger partial charge in [-0.3, -0.25) is 4.79 Å². The molecule has 0 unspecified atom stereocenters. The predicted octanol–water partition coefficient (Wildman–Crippen LogP) is 1.53. The number of amides is 1. The predicted molar refractivity (Wildman–Crippen MR) is 81.5 cm³/mol. The number of methoxy groups -OCH3 is 1. The molecule has 0 saturated carbocycles. The van der Waals surface area contributed by atoms with Gasteiger partial charge in [0.15, 0.2) is 0 Å². The van der Waals surface area contributed by atoms with Crippen LogP contribution in [0.3, 0.4) is 0 Å². The summed E-state index contributed by atoms with van der Waals surface area (Å²) in [5, 5.41) is 2.99. The second kappa shape index (κ2) is 6.74. The van der Waals surface area contributed by atoms with E-state index in [2.05, 4.69) is 20.2 Å². The zero-order valence-electron chi connectivity index (χ0n) is 13.2. The highest BCUT2D eigenvalue weighted by Crippen LogP contribution is 2.22. The molecule has 1 aromatic heterocycles. The maximum absolute atomic E-state index is 12.0. The lowest BCUT2D eigenvalue weighted by Crippen LogP contribution is -2.43. The average Bonchev–Trinajstić information content (AvgIpc) is 2.46. The molecule has 1 aliphatic heterocycles. The first-order chi connectivity index (χ1) is 9.99. The van der Waals surface area contributed by atoms with E-state index in [1.807, 2.05) is 26.8 Å². The van der Waals surface area contributed by atoms with Gasteiger partial charge in [0, 0.05) is 36.8 Å². The fourth-order valence-electron chi connectivity index (χ4n) is 2.51. The summed E-state index contributed by atoms with van der Waals surface area (Å²) >= 11 is 0. The van der Waals surface area contributed by atoms with Crippen molar-refractivity contribution in [2.24, 2.45) is 5.92 Å². The molecule has 2 rings (SSSR count). The Bertz CT molecular complexity index is 496. The minimum absolute atomic E-state index is 0.0929. The highest BCUT2D eigenvalue weighted by atomic mass is 16.5. The molecule has 21 heavy (non-hydrogen) atoms. The molecule has 0 aliphatic carbocycles. The zero-order chi connectivity index (χ0) is 15.4. The van der Waals surface area contributed by atoms with Gasteiger partial charge < -0.3 is 15.0 Å². The number of rotatable bonds is 4. The standard InChI is InChI=1S/C15H24N4O2/c1-10(2)16-14(20)12-5-7-19(8-6-12)15-17-11(3)9-13(18-15)21-4/h9-10,12H,5-8H2,1-4H3,(H,16,20). The zero-order valence-corrected chi connectivity index (χ0v) is 13.2. The normalized spacial score (nSPS) is 16.1. The van der Waals surface area contributed by atoms with E-state index in [-0.39, 0.29) is 17.9 Å². The summed E-state index contributed by atoms with van der Waals surface area (Å²) in [5.41, 5.74) is 0.886. The fourth-order valence-corrected chi connectivity index (χ4v) is 2.51. The van der Waals surface area contributed by atoms with Crippen LogP contribution in [0.4, 0.5) is 5.95 Å². The summed E-state index contributed by atoms with van der Waals surface area (Å²) in [6.07, 6.45) is 1.66. The Morgan fingerprint density at radius 1 is 1.38 bits per heavy atom. The monoisotopic (exact) mass is 292 g/mol. The Kier molecular flexibility index (Phi) is 4.98. The molecular weight excluding hydrogens is 268 g/mol. The van der Waals surface area contributed by atoms with Crippen molar-refractivity contribution >= 4 is 11.9 Å². The molecule has 6 nitrogen and oxygen atoms in total. The van der Waals surface area contributed by atoms with Crippen LogP contribution in [0.25, 0.3) is 0 Å². The first kappa shape index (κ1) is 15.5. The summed E-state index contributed by atoms with van der Waals surface area (Å²) in [7, 11) is 1.61. The molecule has 116 valence electrons. The van der Waals surface area contributed by atoms with E-state index in [9.17, 15) is 4.79 Å². The molecule has 0 radical (unpaired) electrons. The number of ether oxygens (including phenoxy) is 1. The molecule has 1 fully saturated rings. The van der Waals surface area contributed by atoms with Crippen LogP contribution in [0, 0.1) is 12.8 Å². The van der Waals surface area contributed by atoms with Gasteiger partial charge in [0.25, 0.3) is 0 Å². The fraction of sp³-hybridized carbons (Fsp3) is 0.667. The number of carbonyl (C=O) groups excluding carboxylic acids is 1. The third-order valence-corrected chi connectivity index (χ3v) is 3.61. The van der Waals surface area contributed by atoms with Gasteiger partial charge in [0.1, 0.15) is 0 Å². The van der Waals surface area contributed by atoms with Crippen LogP contribution < -0.4 is 15.0 Å². The Labute approximate surface area is 125 Å². The average molecular weight is 292 g/mol. The van der Waals surface area contributed by atoms with Gasteiger partial charge >= 0.3 is 0 Å². The van der Waals surface area contributed by atoms with Crippen LogP contribution in [-0.2, 0) is 4.79 Å². The van der Waals surface area contributed by atoms with E-state index >= 15 is 0 Å². The Balaban J connectivity index is 1.98. The molecule has 6 heteroatoms. The van der Waals surface area contributed by atoms with E-state index < -0.39 is 0 Å². The van der Waals surface area contributed by atoms with E-state index in [4.69, 9.17) is 4.74 Å². The molecule has 2 heterocycles. The van der Waals surface area contributed by atoms with Gasteiger partial charge in [0.05, 0.1) is 7.11 Å². The van der Waals surface area contributed by atoms with Crippen LogP contribution in [0.2, 0.25) is 0 Å². The number of aromatic nitrogens is 2. The summed E-state index contributed by atoms with van der Waals surface area (Å²) < 4.78 is 5.19. The van der Waals surface area contributed by atoms with Crippen molar-refractivity contribution < 1.29 is 9.53 Å². The largest absolute Gasteiger partial charge is 0.481 e. The van der Waals surface area contributed by atoms with Crippen LogP contribution in [-0.4, -0.2) is 42.1 Å². The van der Waals surface area contributed by atoms with Crippen molar-refractivity contribution in [3.8, 4) is 5.88 Å². The molecule has 0 spiro atoms. The number of aryl methyl sites for hydroxylation is 1. The number of hydrogen-bond donors (Lipinski definition) is 1. The second-order valence-electron chi connectivity index (χ2n) is 5.78. The molecule has 1 aromatic rings. The number of nitrogens with zero attached hydrogens (tertiary/aromatic N) is 3. The van der Waals surface area contributed by atoms with Gasteiger partial charge in [-0.05, 0) is 33.6 Å². The van der Waals surface area contributed by atoms with Crippen LogP contribution in [0.15, 0.2) is 6.07 Å². The second-order valence-corrected chi connectivity index (χ2v) is 5.78. The van der Waals surface area contributed by atoms with Crippen molar-refractivity contribution in [3.05, 3.63) is 11.8 Å². The van der Waals surface area contributed by atoms with Crippen molar-refractivity contribution in [1.82, 2.24) is 15.3 Å². The number of hydrogen-bond acceptors (Lipinski definition) is 5. The van der Waals surface area contributed by atoms with Crippen molar-refractivity contribution in [2.45, 2.75) is 39.7 Å². The Morgan fingerprint density at radius 2 is 2.05 bits per heavy atom. The first-order valence-corrected chi connectivity index (χ1v) is 7.44. The van der Waals surface area contributed by atoms with E-state index in [1.54, 1.807) is 7.11 Å². The number of nitrogens with one attached hydrogen (secondary N) is 1. The maximum Gasteiger partial charge on any atom is 0.228 e. The first-order valence-electron chi connectivity index (χ1n) is 7.44. The van der Waals surface area contributed by atoms with Gasteiger partial charge in [-0.1, -0.05) is 0 Å². The number of piperidine rings is 1. The Morgan fingerprint density at radius 3 is 2.62 bits per heavy atom. The molecule has 1 saturated heterocycles. The lowest BCUT2D eigenvalue weighted by atomic mass is 9.96. The lowest BCUT2D eigenvalue weighted by Gasteiger charge is -2.31. The topological polar surface area (TPSA) is 67.3 Å². The molecule has 1 aliphatic rings. The molecule has 0 aromatic carbocycles. The van der Waals surface area contributed by atoms with Gasteiger partial charge in [0.2, 0.25) is 17.7 Å². The van der Waals surface area contributed by atoms with Crippen LogP contribution in [0.5, 0.6) is 5.88 Å². The van der Waals surface area contributed by atoms with E-state index in [0.29, 0.717) is 11.8 Å². The molecule has 1 amide bonds. The highest BCUT2D eigenvalue weighted by molar-refractivity contribution is 5.79. The van der Waals surface area contributed by atoms with Crippen molar-refractivity contribution in [3.63, 3.8) is 0 Å². The van der Waals surface area contributed by atoms with E-state index in [0.717, 1.165) is 31.6 Å². The Hall–Kier alpha value is -1.85. The molecular formula is C15H24N4O2. The smallest absolute Gasteiger partial charge is 0.228 e. The van der Waals surface area contributed by atoms with Gasteiger partial charge in [-0.2, -0.15) is 4.98 Å². The van der Waals surface area contributed by atoms with Gasteiger partial charge in [-0.15, -0.1) is 0 Å². The number of carbonyl (C=O) groups is 1. The van der Waals surface area contributed by atoms with Crippen LogP contribution >= 0.6 is 0 Å². The summed E-state index contributed by atoms with van der Waals surface area (Å²) in [6, 6.07) is 2.01. The summed E-state index contributed by atoms with van der Waals surface area (Å²) in [6.45, 7) is 7.49. The van der Waals surface area contributed by atoms with Crippen molar-refractivity contribution in [2.75, 3.05) is 25.1 Å². The third kappa shape index (κ3) is 4.06. The third-order valence-electron chi connectivity index (χ3n) is 3.61. The van der Waals surface area contributed by atoms with Crippen LogP contribution in [0.1, 0.15) is 32.4 Å². The quantitative estimate of drug-likeness (QED) is 0.911. The molecule has 1 N–H and O–H groups in total. The highest BCUT2D eigenvalue weighted by Gasteiger charge is 2.26. The summed E-state index contributed by atoms with van der Waals surface area (Å²) in [4.78, 5) is 23.0. The van der Waals surface area contributed by atoms with E-state index in [1.165, 1.54) is 0 Å². The minimum Gasteiger partial charge on any atom is -0.481 e.